The number of aryl methyl sites for hydroxylation is 1. The SMILES string of the molecule is CNc1ccc(Oc2sc(C(N)=O)c3c2C(S)=C(C=N)CCC3)c(C)n1. The summed E-state index contributed by atoms with van der Waals surface area (Å²) in [5.41, 5.74) is 8.76. The van der Waals surface area contributed by atoms with E-state index in [0.29, 0.717) is 27.0 Å². The molecule has 6 nitrogen and oxygen atoms in total. The highest BCUT2D eigenvalue weighted by atomic mass is 32.1. The molecule has 0 saturated carbocycles. The van der Waals surface area contributed by atoms with Crippen LogP contribution in [0.15, 0.2) is 17.7 Å². The molecule has 2 heterocycles. The molecular formula is C18H20N4O2S2. The number of nitrogens with two attached hydrogens (primary N) is 1. The third-order valence-corrected chi connectivity index (χ3v) is 5.92. The Morgan fingerprint density at radius 3 is 2.85 bits per heavy atom. The molecule has 2 aromatic heterocycles. The Labute approximate surface area is 161 Å². The number of anilines is 1. The number of primary amides is 1. The lowest BCUT2D eigenvalue weighted by molar-refractivity contribution is 0.100. The maximum atomic E-state index is 11.9. The van der Waals surface area contributed by atoms with Crippen LogP contribution < -0.4 is 15.8 Å². The maximum Gasteiger partial charge on any atom is 0.259 e. The zero-order chi connectivity index (χ0) is 18.8. The number of thiol groups is 1. The minimum Gasteiger partial charge on any atom is -0.444 e. The summed E-state index contributed by atoms with van der Waals surface area (Å²) in [4.78, 5) is 17.5. The minimum atomic E-state index is -0.471. The van der Waals surface area contributed by atoms with E-state index in [9.17, 15) is 4.79 Å². The van der Waals surface area contributed by atoms with Crippen LogP contribution in [0.2, 0.25) is 0 Å². The number of ether oxygens (including phenoxy) is 1. The lowest BCUT2D eigenvalue weighted by Gasteiger charge is -2.11. The van der Waals surface area contributed by atoms with Gasteiger partial charge in [0, 0.05) is 23.7 Å². The van der Waals surface area contributed by atoms with Gasteiger partial charge in [0.05, 0.1) is 10.6 Å². The summed E-state index contributed by atoms with van der Waals surface area (Å²) in [5.74, 6) is 0.880. The Morgan fingerprint density at radius 1 is 1.46 bits per heavy atom. The predicted molar refractivity (Wildman–Crippen MR) is 109 cm³/mol. The molecule has 1 aliphatic carbocycles. The number of fused-ring (bicyclic) bond motifs is 1. The molecule has 1 amide bonds. The second kappa shape index (κ2) is 7.51. The molecule has 26 heavy (non-hydrogen) atoms. The predicted octanol–water partition coefficient (Wildman–Crippen LogP) is 4.01. The molecule has 136 valence electrons. The summed E-state index contributed by atoms with van der Waals surface area (Å²) in [7, 11) is 1.80. The van der Waals surface area contributed by atoms with Crippen LogP contribution in [0.25, 0.3) is 4.91 Å². The van der Waals surface area contributed by atoms with Gasteiger partial charge in [-0.2, -0.15) is 0 Å². The lowest BCUT2D eigenvalue weighted by atomic mass is 10.1. The molecule has 0 atom stereocenters. The Hall–Kier alpha value is -2.32. The van der Waals surface area contributed by atoms with Gasteiger partial charge < -0.3 is 21.2 Å². The van der Waals surface area contributed by atoms with E-state index in [1.54, 1.807) is 7.05 Å². The number of hydrogen-bond acceptors (Lipinski definition) is 7. The summed E-state index contributed by atoms with van der Waals surface area (Å²) in [6.07, 6.45) is 3.58. The summed E-state index contributed by atoms with van der Waals surface area (Å²) in [6.45, 7) is 1.86. The van der Waals surface area contributed by atoms with Crippen LogP contribution in [0.1, 0.15) is 39.3 Å². The number of nitrogens with zero attached hydrogens (tertiary/aromatic N) is 1. The largest absolute Gasteiger partial charge is 0.444 e. The van der Waals surface area contributed by atoms with Crippen LogP contribution in [0, 0.1) is 12.3 Å². The van der Waals surface area contributed by atoms with Gasteiger partial charge in [-0.3, -0.25) is 4.79 Å². The van der Waals surface area contributed by atoms with E-state index >= 15 is 0 Å². The zero-order valence-corrected chi connectivity index (χ0v) is 16.3. The first kappa shape index (κ1) is 18.5. The van der Waals surface area contributed by atoms with Gasteiger partial charge in [-0.05, 0) is 49.5 Å². The van der Waals surface area contributed by atoms with E-state index in [2.05, 4.69) is 22.9 Å². The summed E-state index contributed by atoms with van der Waals surface area (Å²) in [6, 6.07) is 3.66. The van der Waals surface area contributed by atoms with E-state index in [1.165, 1.54) is 17.6 Å². The number of pyridine rings is 1. The fourth-order valence-electron chi connectivity index (χ4n) is 2.96. The standard InChI is InChI=1S/C18H20N4O2S2/c1-9-12(6-7-13(21-2)22-9)24-18-14-11(16(26-18)17(20)23)5-3-4-10(8-19)15(14)25/h6-8,19,25H,3-5H2,1-2H3,(H2,20,23)(H,21,22). The molecule has 0 fully saturated rings. The molecule has 0 radical (unpaired) electrons. The van der Waals surface area contributed by atoms with Crippen molar-refractivity contribution in [3.05, 3.63) is 39.4 Å². The van der Waals surface area contributed by atoms with Crippen molar-refractivity contribution in [3.63, 3.8) is 0 Å². The van der Waals surface area contributed by atoms with E-state index in [4.69, 9.17) is 15.9 Å². The van der Waals surface area contributed by atoms with Crippen molar-refractivity contribution in [2.24, 2.45) is 5.73 Å². The molecule has 0 aliphatic heterocycles. The van der Waals surface area contributed by atoms with Crippen LogP contribution in [-0.2, 0) is 6.42 Å². The maximum absolute atomic E-state index is 11.9. The molecule has 0 bridgehead atoms. The van der Waals surface area contributed by atoms with Crippen LogP contribution in [0.3, 0.4) is 0 Å². The Morgan fingerprint density at radius 2 is 2.23 bits per heavy atom. The number of carbonyl (C=O) groups is 1. The minimum absolute atomic E-state index is 0.471. The number of aromatic nitrogens is 1. The van der Waals surface area contributed by atoms with Crippen LogP contribution in [0.4, 0.5) is 5.82 Å². The van der Waals surface area contributed by atoms with Crippen molar-refractivity contribution in [2.75, 3.05) is 12.4 Å². The van der Waals surface area contributed by atoms with Gasteiger partial charge in [-0.15, -0.1) is 12.6 Å². The van der Waals surface area contributed by atoms with Crippen molar-refractivity contribution < 1.29 is 9.53 Å². The van der Waals surface area contributed by atoms with Crippen molar-refractivity contribution >= 4 is 46.8 Å². The number of thiophene rings is 1. The fraction of sp³-hybridized carbons (Fsp3) is 0.278. The van der Waals surface area contributed by atoms with Gasteiger partial charge in [0.15, 0.2) is 5.06 Å². The van der Waals surface area contributed by atoms with Gasteiger partial charge >= 0.3 is 0 Å². The van der Waals surface area contributed by atoms with Crippen LogP contribution in [0.5, 0.6) is 10.8 Å². The third kappa shape index (κ3) is 3.34. The van der Waals surface area contributed by atoms with Gasteiger partial charge in [0.25, 0.3) is 5.91 Å². The molecule has 4 N–H and O–H groups in total. The van der Waals surface area contributed by atoms with Gasteiger partial charge in [-0.25, -0.2) is 4.98 Å². The van der Waals surface area contributed by atoms with Crippen molar-refractivity contribution in [3.8, 4) is 10.8 Å². The average molecular weight is 389 g/mol. The smallest absolute Gasteiger partial charge is 0.259 e. The van der Waals surface area contributed by atoms with E-state index < -0.39 is 5.91 Å². The number of carbonyl (C=O) groups excluding carboxylic acids is 1. The summed E-state index contributed by atoms with van der Waals surface area (Å²) in [5, 5.41) is 11.2. The van der Waals surface area contributed by atoms with Crippen LogP contribution in [-0.4, -0.2) is 24.2 Å². The topological polar surface area (TPSA) is 101 Å². The quantitative estimate of drug-likeness (QED) is 0.459. The van der Waals surface area contributed by atoms with Crippen molar-refractivity contribution in [1.82, 2.24) is 4.98 Å². The number of hydrogen-bond donors (Lipinski definition) is 4. The van der Waals surface area contributed by atoms with E-state index in [-0.39, 0.29) is 0 Å². The number of amides is 1. The normalized spacial score (nSPS) is 13.8. The average Bonchev–Trinajstić information content (AvgIpc) is 2.89. The molecule has 0 spiro atoms. The highest BCUT2D eigenvalue weighted by Crippen LogP contribution is 2.46. The first-order chi connectivity index (χ1) is 12.5. The highest BCUT2D eigenvalue weighted by molar-refractivity contribution is 7.90. The van der Waals surface area contributed by atoms with Crippen LogP contribution >= 0.6 is 24.0 Å². The zero-order valence-electron chi connectivity index (χ0n) is 14.5. The summed E-state index contributed by atoms with van der Waals surface area (Å²) < 4.78 is 6.12. The monoisotopic (exact) mass is 388 g/mol. The number of rotatable bonds is 5. The molecule has 0 unspecified atom stereocenters. The molecule has 3 rings (SSSR count). The second-order valence-electron chi connectivity index (χ2n) is 5.94. The van der Waals surface area contributed by atoms with Crippen molar-refractivity contribution in [1.29, 1.82) is 5.41 Å². The first-order valence-electron chi connectivity index (χ1n) is 8.18. The fourth-order valence-corrected chi connectivity index (χ4v) is 4.52. The molecule has 2 aromatic rings. The van der Waals surface area contributed by atoms with Gasteiger partial charge in [-0.1, -0.05) is 11.3 Å². The van der Waals surface area contributed by atoms with Gasteiger partial charge in [0.1, 0.15) is 11.6 Å². The number of allylic oxidation sites excluding steroid dienone is 1. The molecular weight excluding hydrogens is 368 g/mol. The second-order valence-corrected chi connectivity index (χ2v) is 7.37. The molecule has 1 aliphatic rings. The molecule has 0 saturated heterocycles. The number of nitrogens with one attached hydrogen (secondary N) is 2. The van der Waals surface area contributed by atoms with Crippen molar-refractivity contribution in [2.45, 2.75) is 26.2 Å². The molecule has 0 aromatic carbocycles. The lowest BCUT2D eigenvalue weighted by Crippen LogP contribution is -2.11. The summed E-state index contributed by atoms with van der Waals surface area (Å²) >= 11 is 5.86. The Kier molecular flexibility index (Phi) is 5.33. The molecule has 8 heteroatoms. The Bertz CT molecular complexity index is 918. The highest BCUT2D eigenvalue weighted by Gasteiger charge is 2.27. The third-order valence-electron chi connectivity index (χ3n) is 4.28. The van der Waals surface area contributed by atoms with E-state index in [1.807, 2.05) is 19.1 Å². The Balaban J connectivity index is 2.13. The first-order valence-corrected chi connectivity index (χ1v) is 9.44. The van der Waals surface area contributed by atoms with E-state index in [0.717, 1.165) is 41.1 Å². The van der Waals surface area contributed by atoms with Gasteiger partial charge in [0.2, 0.25) is 0 Å².